The van der Waals surface area contributed by atoms with E-state index in [0.717, 1.165) is 11.1 Å². The second-order valence-electron chi connectivity index (χ2n) is 4.38. The van der Waals surface area contributed by atoms with Crippen LogP contribution in [-0.2, 0) is 14.6 Å². The number of ether oxygens (including phenoxy) is 1. The Morgan fingerprint density at radius 1 is 0.909 bits per heavy atom. The zero-order chi connectivity index (χ0) is 15.8. The van der Waals surface area contributed by atoms with E-state index in [0.29, 0.717) is 5.75 Å². The van der Waals surface area contributed by atoms with Crippen LogP contribution in [0.3, 0.4) is 0 Å². The van der Waals surface area contributed by atoms with Crippen LogP contribution < -0.4 is 4.74 Å². The van der Waals surface area contributed by atoms with E-state index in [1.165, 1.54) is 0 Å². The van der Waals surface area contributed by atoms with Crippen molar-refractivity contribution in [2.75, 3.05) is 13.2 Å². The van der Waals surface area contributed by atoms with Gasteiger partial charge >= 0.3 is 10.4 Å². The van der Waals surface area contributed by atoms with Crippen LogP contribution in [0, 0.1) is 0 Å². The zero-order valence-corrected chi connectivity index (χ0v) is 12.6. The number of benzene rings is 2. The van der Waals surface area contributed by atoms with Gasteiger partial charge in [-0.2, -0.15) is 8.42 Å². The van der Waals surface area contributed by atoms with Gasteiger partial charge in [0.15, 0.2) is 0 Å². The molecule has 0 unspecified atom stereocenters. The second-order valence-corrected chi connectivity index (χ2v) is 5.47. The van der Waals surface area contributed by atoms with Crippen LogP contribution >= 0.6 is 0 Å². The highest BCUT2D eigenvalue weighted by Gasteiger charge is 2.05. The third-order valence-corrected chi connectivity index (χ3v) is 3.21. The van der Waals surface area contributed by atoms with E-state index in [4.69, 9.17) is 9.29 Å². The Bertz CT molecular complexity index is 723. The van der Waals surface area contributed by atoms with E-state index < -0.39 is 10.4 Å². The molecule has 5 nitrogen and oxygen atoms in total. The monoisotopic (exact) mass is 320 g/mol. The first kappa shape index (κ1) is 16.2. The Hall–Kier alpha value is -2.15. The van der Waals surface area contributed by atoms with Crippen molar-refractivity contribution in [3.8, 4) is 5.75 Å². The molecule has 0 bridgehead atoms. The number of hydrogen-bond acceptors (Lipinski definition) is 4. The number of rotatable bonds is 7. The standard InChI is InChI=1S/C16H16O5S/c17-22(18,19)21-13-12-20-16-9-5-4-8-15(16)11-10-14-6-2-1-3-7-14/h1-11H,12-13H2,(H,17,18,19). The molecule has 0 amide bonds. The quantitative estimate of drug-likeness (QED) is 0.482. The van der Waals surface area contributed by atoms with Gasteiger partial charge in [0.1, 0.15) is 19.0 Å². The Labute approximate surface area is 129 Å². The summed E-state index contributed by atoms with van der Waals surface area (Å²) in [4.78, 5) is 0. The molecule has 6 heteroatoms. The average molecular weight is 320 g/mol. The third-order valence-electron chi connectivity index (χ3n) is 2.75. The summed E-state index contributed by atoms with van der Waals surface area (Å²) in [6.07, 6.45) is 3.87. The van der Waals surface area contributed by atoms with Gasteiger partial charge in [0.2, 0.25) is 0 Å². The van der Waals surface area contributed by atoms with Crippen LogP contribution in [0.1, 0.15) is 11.1 Å². The maximum absolute atomic E-state index is 10.4. The molecule has 0 aliphatic rings. The molecule has 0 aliphatic heterocycles. The van der Waals surface area contributed by atoms with Crippen molar-refractivity contribution in [3.63, 3.8) is 0 Å². The molecule has 116 valence electrons. The molecular weight excluding hydrogens is 304 g/mol. The first-order chi connectivity index (χ1) is 10.5. The van der Waals surface area contributed by atoms with E-state index in [9.17, 15) is 8.42 Å². The minimum Gasteiger partial charge on any atom is -0.491 e. The van der Waals surface area contributed by atoms with Crippen molar-refractivity contribution >= 4 is 22.6 Å². The highest BCUT2D eigenvalue weighted by molar-refractivity contribution is 7.80. The van der Waals surface area contributed by atoms with Gasteiger partial charge in [-0.3, -0.25) is 4.55 Å². The number of hydrogen-bond donors (Lipinski definition) is 1. The van der Waals surface area contributed by atoms with Crippen molar-refractivity contribution < 1.29 is 21.9 Å². The van der Waals surface area contributed by atoms with Gasteiger partial charge in [0, 0.05) is 5.56 Å². The van der Waals surface area contributed by atoms with Crippen LogP contribution in [0.4, 0.5) is 0 Å². The van der Waals surface area contributed by atoms with E-state index in [1.807, 2.05) is 60.7 Å². The largest absolute Gasteiger partial charge is 0.491 e. The summed E-state index contributed by atoms with van der Waals surface area (Å²) in [5.41, 5.74) is 1.92. The van der Waals surface area contributed by atoms with Crippen molar-refractivity contribution in [2.24, 2.45) is 0 Å². The predicted octanol–water partition coefficient (Wildman–Crippen LogP) is 3.06. The molecule has 0 aliphatic carbocycles. The second kappa shape index (κ2) is 7.74. The lowest BCUT2D eigenvalue weighted by molar-refractivity contribution is 0.201. The molecule has 22 heavy (non-hydrogen) atoms. The summed E-state index contributed by atoms with van der Waals surface area (Å²) in [6, 6.07) is 17.2. The van der Waals surface area contributed by atoms with Gasteiger partial charge in [-0.05, 0) is 11.6 Å². The summed E-state index contributed by atoms with van der Waals surface area (Å²) < 4.78 is 39.0. The van der Waals surface area contributed by atoms with Gasteiger partial charge in [-0.25, -0.2) is 4.18 Å². The Kier molecular flexibility index (Phi) is 5.71. The van der Waals surface area contributed by atoms with Crippen molar-refractivity contribution in [1.82, 2.24) is 0 Å². The van der Waals surface area contributed by atoms with E-state index in [-0.39, 0.29) is 13.2 Å². The maximum atomic E-state index is 10.4. The fourth-order valence-corrected chi connectivity index (χ4v) is 2.07. The summed E-state index contributed by atoms with van der Waals surface area (Å²) in [5.74, 6) is 0.605. The summed E-state index contributed by atoms with van der Waals surface area (Å²) in [6.45, 7) is -0.244. The lowest BCUT2D eigenvalue weighted by atomic mass is 10.1. The molecule has 0 heterocycles. The lowest BCUT2D eigenvalue weighted by Gasteiger charge is -2.08. The highest BCUT2D eigenvalue weighted by atomic mass is 32.3. The number of para-hydroxylation sites is 1. The van der Waals surface area contributed by atoms with Gasteiger partial charge in [0.25, 0.3) is 0 Å². The van der Waals surface area contributed by atoms with Gasteiger partial charge in [-0.15, -0.1) is 0 Å². The minimum atomic E-state index is -4.43. The summed E-state index contributed by atoms with van der Waals surface area (Å²) >= 11 is 0. The topological polar surface area (TPSA) is 72.8 Å². The minimum absolute atomic E-state index is 0.00990. The fraction of sp³-hybridized carbons (Fsp3) is 0.125. The Morgan fingerprint density at radius 2 is 1.59 bits per heavy atom. The van der Waals surface area contributed by atoms with Gasteiger partial charge < -0.3 is 4.74 Å². The smallest absolute Gasteiger partial charge is 0.397 e. The van der Waals surface area contributed by atoms with Crippen LogP contribution in [0.2, 0.25) is 0 Å². The highest BCUT2D eigenvalue weighted by Crippen LogP contribution is 2.20. The van der Waals surface area contributed by atoms with Crippen LogP contribution in [0.15, 0.2) is 54.6 Å². The molecule has 1 N–H and O–H groups in total. The SMILES string of the molecule is O=S(=O)(O)OCCOc1ccccc1C=Cc1ccccc1. The van der Waals surface area contributed by atoms with Crippen LogP contribution in [0.25, 0.3) is 12.2 Å². The van der Waals surface area contributed by atoms with Crippen molar-refractivity contribution in [3.05, 3.63) is 65.7 Å². The Morgan fingerprint density at radius 3 is 2.32 bits per heavy atom. The third kappa shape index (κ3) is 5.69. The molecule has 2 rings (SSSR count). The molecule has 0 saturated carbocycles. The molecule has 0 fully saturated rings. The summed E-state index contributed by atoms with van der Waals surface area (Å²) in [7, 11) is -4.43. The van der Waals surface area contributed by atoms with E-state index in [1.54, 1.807) is 6.07 Å². The first-order valence-corrected chi connectivity index (χ1v) is 7.98. The molecule has 0 aromatic heterocycles. The molecule has 0 atom stereocenters. The summed E-state index contributed by atoms with van der Waals surface area (Å²) in [5, 5.41) is 0. The molecular formula is C16H16O5S. The van der Waals surface area contributed by atoms with Gasteiger partial charge in [0.05, 0.1) is 0 Å². The molecule has 0 spiro atoms. The molecule has 0 saturated heterocycles. The maximum Gasteiger partial charge on any atom is 0.397 e. The fourth-order valence-electron chi connectivity index (χ4n) is 1.79. The van der Waals surface area contributed by atoms with Crippen molar-refractivity contribution in [2.45, 2.75) is 0 Å². The molecule has 2 aromatic rings. The molecule has 0 radical (unpaired) electrons. The van der Waals surface area contributed by atoms with Crippen molar-refractivity contribution in [1.29, 1.82) is 0 Å². The van der Waals surface area contributed by atoms with E-state index >= 15 is 0 Å². The van der Waals surface area contributed by atoms with Crippen LogP contribution in [0.5, 0.6) is 5.75 Å². The first-order valence-electron chi connectivity index (χ1n) is 6.61. The zero-order valence-electron chi connectivity index (χ0n) is 11.8. The lowest BCUT2D eigenvalue weighted by Crippen LogP contribution is -2.11. The van der Waals surface area contributed by atoms with Crippen LogP contribution in [-0.4, -0.2) is 26.2 Å². The predicted molar refractivity (Wildman–Crippen MR) is 84.8 cm³/mol. The Balaban J connectivity index is 1.99. The molecule has 2 aromatic carbocycles. The normalized spacial score (nSPS) is 11.7. The average Bonchev–Trinajstić information content (AvgIpc) is 2.50. The van der Waals surface area contributed by atoms with Gasteiger partial charge in [-0.1, -0.05) is 60.7 Å². The van der Waals surface area contributed by atoms with E-state index in [2.05, 4.69) is 4.18 Å².